The van der Waals surface area contributed by atoms with E-state index < -0.39 is 28.1 Å². The molecule has 0 unspecified atom stereocenters. The summed E-state index contributed by atoms with van der Waals surface area (Å²) < 4.78 is 26.1. The molecule has 122 valence electrons. The zero-order valence-corrected chi connectivity index (χ0v) is 13.7. The Labute approximate surface area is 130 Å². The van der Waals surface area contributed by atoms with Crippen molar-refractivity contribution in [2.45, 2.75) is 49.6 Å². The van der Waals surface area contributed by atoms with Crippen molar-refractivity contribution in [3.05, 3.63) is 29.8 Å². The predicted molar refractivity (Wildman–Crippen MR) is 81.1 cm³/mol. The van der Waals surface area contributed by atoms with Crippen LogP contribution in [0.4, 0.5) is 0 Å². The van der Waals surface area contributed by atoms with E-state index >= 15 is 0 Å². The lowest BCUT2D eigenvalue weighted by Gasteiger charge is -2.22. The Kier molecular flexibility index (Phi) is 4.34. The number of hydrogen-bond donors (Lipinski definition) is 2. The summed E-state index contributed by atoms with van der Waals surface area (Å²) >= 11 is 0. The summed E-state index contributed by atoms with van der Waals surface area (Å²) in [5.41, 5.74) is 0.887. The molecule has 1 fully saturated rings. The highest BCUT2D eigenvalue weighted by atomic mass is 32.2. The largest absolute Gasteiger partial charge is 0.480 e. The highest BCUT2D eigenvalue weighted by Crippen LogP contribution is 2.28. The fourth-order valence-corrected chi connectivity index (χ4v) is 4.17. The minimum absolute atomic E-state index is 0.0425. The molecule has 1 saturated heterocycles. The van der Waals surface area contributed by atoms with Crippen molar-refractivity contribution in [1.29, 1.82) is 0 Å². The number of β-amino-alcohol motifs (C(OH)–C–C–N with tert-alkyl or cyclic N) is 1. The van der Waals surface area contributed by atoms with Gasteiger partial charge < -0.3 is 10.2 Å². The van der Waals surface area contributed by atoms with Crippen molar-refractivity contribution >= 4 is 16.0 Å². The monoisotopic (exact) mass is 327 g/mol. The molecule has 0 radical (unpaired) electrons. The van der Waals surface area contributed by atoms with Gasteiger partial charge in [-0.3, -0.25) is 4.79 Å². The molecule has 1 aliphatic rings. The average molecular weight is 327 g/mol. The van der Waals surface area contributed by atoms with E-state index in [0.717, 1.165) is 9.87 Å². The van der Waals surface area contributed by atoms with Gasteiger partial charge in [0.25, 0.3) is 0 Å². The van der Waals surface area contributed by atoms with Crippen LogP contribution in [0.3, 0.4) is 0 Å². The number of aliphatic hydroxyl groups excluding tert-OH is 1. The van der Waals surface area contributed by atoms with Crippen LogP contribution in [-0.4, -0.2) is 47.6 Å². The molecule has 22 heavy (non-hydrogen) atoms. The molecule has 2 rings (SSSR count). The van der Waals surface area contributed by atoms with Gasteiger partial charge in [0, 0.05) is 13.0 Å². The van der Waals surface area contributed by atoms with Crippen molar-refractivity contribution < 1.29 is 23.4 Å². The molecule has 0 aromatic heterocycles. The SMILES string of the molecule is CC(C)(C)c1ccc(S(=O)(=O)N2C[C@@H](O)C[C@@H]2C(=O)O)cc1. The van der Waals surface area contributed by atoms with Gasteiger partial charge in [0.2, 0.25) is 10.0 Å². The lowest BCUT2D eigenvalue weighted by molar-refractivity contribution is -0.140. The molecular formula is C15H21NO5S. The number of nitrogens with zero attached hydrogens (tertiary/aromatic N) is 1. The Morgan fingerprint density at radius 2 is 1.77 bits per heavy atom. The molecule has 1 aliphatic heterocycles. The van der Waals surface area contributed by atoms with E-state index in [0.29, 0.717) is 0 Å². The number of carbonyl (C=O) groups is 1. The lowest BCUT2D eigenvalue weighted by Crippen LogP contribution is -2.40. The lowest BCUT2D eigenvalue weighted by atomic mass is 9.87. The number of benzene rings is 1. The van der Waals surface area contributed by atoms with Crippen LogP contribution in [0.1, 0.15) is 32.8 Å². The van der Waals surface area contributed by atoms with Crippen LogP contribution >= 0.6 is 0 Å². The first-order valence-corrected chi connectivity index (χ1v) is 8.51. The summed E-state index contributed by atoms with van der Waals surface area (Å²) in [5.74, 6) is -1.24. The van der Waals surface area contributed by atoms with Gasteiger partial charge in [-0.15, -0.1) is 0 Å². The first kappa shape index (κ1) is 16.9. The third-order valence-electron chi connectivity index (χ3n) is 3.85. The Morgan fingerprint density at radius 1 is 1.23 bits per heavy atom. The van der Waals surface area contributed by atoms with E-state index in [9.17, 15) is 18.3 Å². The van der Waals surface area contributed by atoms with Crippen molar-refractivity contribution in [3.8, 4) is 0 Å². The third-order valence-corrected chi connectivity index (χ3v) is 5.73. The summed E-state index contributed by atoms with van der Waals surface area (Å²) in [5, 5.41) is 18.8. The highest BCUT2D eigenvalue weighted by Gasteiger charge is 2.43. The van der Waals surface area contributed by atoms with E-state index in [1.807, 2.05) is 20.8 Å². The first-order valence-electron chi connectivity index (χ1n) is 7.07. The maximum Gasteiger partial charge on any atom is 0.322 e. The summed E-state index contributed by atoms with van der Waals surface area (Å²) in [4.78, 5) is 11.2. The fourth-order valence-electron chi connectivity index (χ4n) is 2.54. The molecule has 0 amide bonds. The third kappa shape index (κ3) is 3.16. The molecule has 1 aromatic rings. The second kappa shape index (κ2) is 5.64. The van der Waals surface area contributed by atoms with Crippen LogP contribution in [-0.2, 0) is 20.2 Å². The van der Waals surface area contributed by atoms with Gasteiger partial charge in [-0.2, -0.15) is 4.31 Å². The van der Waals surface area contributed by atoms with E-state index in [4.69, 9.17) is 5.11 Å². The smallest absolute Gasteiger partial charge is 0.322 e. The Balaban J connectivity index is 2.36. The molecule has 2 atom stereocenters. The topological polar surface area (TPSA) is 94.9 Å². The van der Waals surface area contributed by atoms with E-state index in [1.54, 1.807) is 12.1 Å². The van der Waals surface area contributed by atoms with Crippen molar-refractivity contribution in [2.24, 2.45) is 0 Å². The van der Waals surface area contributed by atoms with Crippen LogP contribution in [0, 0.1) is 0 Å². The van der Waals surface area contributed by atoms with Crippen LogP contribution in [0.15, 0.2) is 29.2 Å². The molecule has 0 aliphatic carbocycles. The van der Waals surface area contributed by atoms with E-state index in [2.05, 4.69) is 0 Å². The van der Waals surface area contributed by atoms with Gasteiger partial charge in [0.15, 0.2) is 0 Å². The van der Waals surface area contributed by atoms with Gasteiger partial charge in [-0.25, -0.2) is 8.42 Å². The second-order valence-electron chi connectivity index (χ2n) is 6.59. The van der Waals surface area contributed by atoms with E-state index in [1.165, 1.54) is 12.1 Å². The van der Waals surface area contributed by atoms with Crippen molar-refractivity contribution in [1.82, 2.24) is 4.31 Å². The summed E-state index contributed by atoms with van der Waals surface area (Å²) in [7, 11) is -3.94. The number of carboxylic acids is 1. The van der Waals surface area contributed by atoms with Gasteiger partial charge in [-0.1, -0.05) is 32.9 Å². The van der Waals surface area contributed by atoms with Crippen molar-refractivity contribution in [2.75, 3.05) is 6.54 Å². The summed E-state index contributed by atoms with van der Waals surface area (Å²) in [6.45, 7) is 5.87. The number of hydrogen-bond acceptors (Lipinski definition) is 4. The zero-order chi connectivity index (χ0) is 16.7. The molecule has 0 bridgehead atoms. The number of rotatable bonds is 3. The number of sulfonamides is 1. The molecule has 2 N–H and O–H groups in total. The fraction of sp³-hybridized carbons (Fsp3) is 0.533. The quantitative estimate of drug-likeness (QED) is 0.869. The average Bonchev–Trinajstić information content (AvgIpc) is 2.81. The maximum absolute atomic E-state index is 12.6. The molecule has 0 saturated carbocycles. The van der Waals surface area contributed by atoms with Crippen LogP contribution < -0.4 is 0 Å². The maximum atomic E-state index is 12.6. The van der Waals surface area contributed by atoms with E-state index in [-0.39, 0.29) is 23.3 Å². The normalized spacial score (nSPS) is 23.6. The standard InChI is InChI=1S/C15H21NO5S/c1-15(2,3)10-4-6-12(7-5-10)22(20,21)16-9-11(17)8-13(16)14(18)19/h4-7,11,13,17H,8-9H2,1-3H3,(H,18,19)/t11-,13+/m0/s1. The Morgan fingerprint density at radius 3 is 2.23 bits per heavy atom. The Hall–Kier alpha value is -1.44. The van der Waals surface area contributed by atoms with Gasteiger partial charge in [0.05, 0.1) is 11.0 Å². The van der Waals surface area contributed by atoms with Crippen LogP contribution in [0.2, 0.25) is 0 Å². The minimum atomic E-state index is -3.94. The van der Waals surface area contributed by atoms with Gasteiger partial charge in [-0.05, 0) is 23.1 Å². The molecule has 7 heteroatoms. The summed E-state index contributed by atoms with van der Waals surface area (Å²) in [6.07, 6.45) is -1.04. The van der Waals surface area contributed by atoms with Crippen LogP contribution in [0.25, 0.3) is 0 Å². The van der Waals surface area contributed by atoms with Crippen LogP contribution in [0.5, 0.6) is 0 Å². The first-order chi connectivity index (χ1) is 10.0. The number of aliphatic carboxylic acids is 1. The second-order valence-corrected chi connectivity index (χ2v) is 8.48. The molecule has 6 nitrogen and oxygen atoms in total. The zero-order valence-electron chi connectivity index (χ0n) is 12.9. The number of carboxylic acid groups (broad SMARTS) is 1. The predicted octanol–water partition coefficient (Wildman–Crippen LogP) is 1.19. The Bertz CT molecular complexity index is 660. The minimum Gasteiger partial charge on any atom is -0.480 e. The van der Waals surface area contributed by atoms with Gasteiger partial charge >= 0.3 is 5.97 Å². The molecular weight excluding hydrogens is 306 g/mol. The molecule has 1 heterocycles. The highest BCUT2D eigenvalue weighted by molar-refractivity contribution is 7.89. The van der Waals surface area contributed by atoms with Crippen molar-refractivity contribution in [3.63, 3.8) is 0 Å². The number of aliphatic hydroxyl groups is 1. The molecule has 0 spiro atoms. The summed E-state index contributed by atoms with van der Waals surface area (Å²) in [6, 6.07) is 5.21. The molecule has 1 aromatic carbocycles. The van der Waals surface area contributed by atoms with Gasteiger partial charge in [0.1, 0.15) is 6.04 Å².